The van der Waals surface area contributed by atoms with Gasteiger partial charge >= 0.3 is 5.97 Å². The lowest BCUT2D eigenvalue weighted by Crippen LogP contribution is -2.42. The van der Waals surface area contributed by atoms with Crippen molar-refractivity contribution >= 4 is 27.8 Å². The largest absolute Gasteiger partial charge is 0.480 e. The molecule has 1 atom stereocenters. The molecule has 120 valence electrons. The molecule has 4 nitrogen and oxygen atoms in total. The molecular weight excluding hydrogens is 372 g/mol. The standard InChI is InChI=1S/C16H12BrF2NO3/c17-11-4-1-9(2-5-11)7-14(16(22)23)20-15(21)10-3-6-12(18)13(19)8-10/h1-6,8,14H,7H2,(H,20,21)(H,22,23)/t14-/m1/s1. The Kier molecular flexibility index (Phi) is 5.44. The summed E-state index contributed by atoms with van der Waals surface area (Å²) in [7, 11) is 0. The summed E-state index contributed by atoms with van der Waals surface area (Å²) in [4.78, 5) is 23.3. The maximum atomic E-state index is 13.1. The summed E-state index contributed by atoms with van der Waals surface area (Å²) in [5.41, 5.74) is 0.567. The molecule has 0 bridgehead atoms. The van der Waals surface area contributed by atoms with Crippen molar-refractivity contribution in [2.75, 3.05) is 0 Å². The lowest BCUT2D eigenvalue weighted by atomic mass is 10.1. The molecule has 0 saturated carbocycles. The van der Waals surface area contributed by atoms with Crippen LogP contribution in [0.4, 0.5) is 8.78 Å². The van der Waals surface area contributed by atoms with Crippen molar-refractivity contribution in [3.63, 3.8) is 0 Å². The van der Waals surface area contributed by atoms with Crippen LogP contribution in [0.1, 0.15) is 15.9 Å². The van der Waals surface area contributed by atoms with Gasteiger partial charge in [-0.2, -0.15) is 0 Å². The Morgan fingerprint density at radius 3 is 2.30 bits per heavy atom. The van der Waals surface area contributed by atoms with Crippen LogP contribution in [0.5, 0.6) is 0 Å². The summed E-state index contributed by atoms with van der Waals surface area (Å²) >= 11 is 3.27. The molecule has 0 aromatic heterocycles. The number of hydrogen-bond acceptors (Lipinski definition) is 2. The third-order valence-electron chi connectivity index (χ3n) is 3.14. The van der Waals surface area contributed by atoms with Crippen LogP contribution in [-0.4, -0.2) is 23.0 Å². The van der Waals surface area contributed by atoms with Crippen molar-refractivity contribution in [2.45, 2.75) is 12.5 Å². The summed E-state index contributed by atoms with van der Waals surface area (Å²) in [6, 6.07) is 8.41. The zero-order valence-electron chi connectivity index (χ0n) is 11.7. The fourth-order valence-electron chi connectivity index (χ4n) is 1.94. The van der Waals surface area contributed by atoms with E-state index in [1.807, 2.05) is 0 Å². The van der Waals surface area contributed by atoms with Gasteiger partial charge in [-0.05, 0) is 35.9 Å². The van der Waals surface area contributed by atoms with Gasteiger partial charge in [-0.15, -0.1) is 0 Å². The first kappa shape index (κ1) is 17.1. The molecule has 0 heterocycles. The van der Waals surface area contributed by atoms with Crippen LogP contribution >= 0.6 is 15.9 Å². The molecule has 0 aliphatic rings. The van der Waals surface area contributed by atoms with Crippen LogP contribution in [0.3, 0.4) is 0 Å². The normalized spacial score (nSPS) is 11.8. The highest BCUT2D eigenvalue weighted by atomic mass is 79.9. The number of nitrogens with one attached hydrogen (secondary N) is 1. The zero-order chi connectivity index (χ0) is 17.0. The van der Waals surface area contributed by atoms with Crippen LogP contribution in [0.15, 0.2) is 46.9 Å². The fourth-order valence-corrected chi connectivity index (χ4v) is 2.20. The Bertz CT molecular complexity index is 735. The summed E-state index contributed by atoms with van der Waals surface area (Å²) in [5, 5.41) is 11.5. The lowest BCUT2D eigenvalue weighted by Gasteiger charge is -2.15. The van der Waals surface area contributed by atoms with Gasteiger partial charge in [0.2, 0.25) is 0 Å². The summed E-state index contributed by atoms with van der Waals surface area (Å²) < 4.78 is 26.9. The quantitative estimate of drug-likeness (QED) is 0.833. The van der Waals surface area contributed by atoms with Gasteiger partial charge in [0, 0.05) is 16.5 Å². The van der Waals surface area contributed by atoms with E-state index in [1.165, 1.54) is 0 Å². The lowest BCUT2D eigenvalue weighted by molar-refractivity contribution is -0.139. The van der Waals surface area contributed by atoms with Crippen LogP contribution < -0.4 is 5.32 Å². The Morgan fingerprint density at radius 1 is 1.09 bits per heavy atom. The van der Waals surface area contributed by atoms with Crippen LogP contribution in [0, 0.1) is 11.6 Å². The van der Waals surface area contributed by atoms with Crippen molar-refractivity contribution in [1.29, 1.82) is 0 Å². The molecule has 2 aromatic carbocycles. The van der Waals surface area contributed by atoms with Gasteiger partial charge in [0.25, 0.3) is 5.91 Å². The van der Waals surface area contributed by atoms with Gasteiger partial charge in [0.05, 0.1) is 0 Å². The number of benzene rings is 2. The first-order valence-corrected chi connectivity index (χ1v) is 7.39. The van der Waals surface area contributed by atoms with Crippen LogP contribution in [-0.2, 0) is 11.2 Å². The van der Waals surface area contributed by atoms with E-state index in [1.54, 1.807) is 24.3 Å². The van der Waals surface area contributed by atoms with E-state index in [9.17, 15) is 23.5 Å². The number of carbonyl (C=O) groups excluding carboxylic acids is 1. The maximum absolute atomic E-state index is 13.1. The summed E-state index contributed by atoms with van der Waals surface area (Å²) in [6.45, 7) is 0. The number of amides is 1. The van der Waals surface area contributed by atoms with Gasteiger partial charge in [-0.25, -0.2) is 13.6 Å². The second-order valence-electron chi connectivity index (χ2n) is 4.82. The number of carboxylic acid groups (broad SMARTS) is 1. The van der Waals surface area contributed by atoms with E-state index in [-0.39, 0.29) is 12.0 Å². The number of aliphatic carboxylic acids is 1. The average Bonchev–Trinajstić information content (AvgIpc) is 2.51. The molecule has 23 heavy (non-hydrogen) atoms. The maximum Gasteiger partial charge on any atom is 0.326 e. The van der Waals surface area contributed by atoms with Crippen molar-refractivity contribution in [3.8, 4) is 0 Å². The van der Waals surface area contributed by atoms with Gasteiger partial charge in [0.1, 0.15) is 6.04 Å². The molecule has 1 amide bonds. The van der Waals surface area contributed by atoms with E-state index in [4.69, 9.17) is 0 Å². The Labute approximate surface area is 139 Å². The van der Waals surface area contributed by atoms with Gasteiger partial charge in [-0.1, -0.05) is 28.1 Å². The minimum absolute atomic E-state index is 0.0675. The van der Waals surface area contributed by atoms with E-state index >= 15 is 0 Å². The van der Waals surface area contributed by atoms with Crippen LogP contribution in [0.25, 0.3) is 0 Å². The van der Waals surface area contributed by atoms with Gasteiger partial charge < -0.3 is 10.4 Å². The number of hydrogen-bond donors (Lipinski definition) is 2. The van der Waals surface area contributed by atoms with E-state index in [2.05, 4.69) is 21.2 Å². The van der Waals surface area contributed by atoms with Crippen molar-refractivity contribution in [3.05, 3.63) is 69.7 Å². The third-order valence-corrected chi connectivity index (χ3v) is 3.67. The Balaban J connectivity index is 2.12. The summed E-state index contributed by atoms with van der Waals surface area (Å²) in [6.07, 6.45) is 0.0675. The fraction of sp³-hybridized carbons (Fsp3) is 0.125. The number of carbonyl (C=O) groups is 2. The van der Waals surface area contributed by atoms with E-state index in [0.717, 1.165) is 22.7 Å². The first-order chi connectivity index (χ1) is 10.9. The Hall–Kier alpha value is -2.28. The molecule has 0 fully saturated rings. The molecular formula is C16H12BrF2NO3. The molecule has 0 radical (unpaired) electrons. The topological polar surface area (TPSA) is 66.4 Å². The zero-order valence-corrected chi connectivity index (χ0v) is 13.3. The smallest absolute Gasteiger partial charge is 0.326 e. The molecule has 0 saturated heterocycles. The second kappa shape index (κ2) is 7.32. The highest BCUT2D eigenvalue weighted by molar-refractivity contribution is 9.10. The van der Waals surface area contributed by atoms with E-state index < -0.39 is 29.6 Å². The highest BCUT2D eigenvalue weighted by Gasteiger charge is 2.21. The molecule has 0 aliphatic carbocycles. The molecule has 2 rings (SSSR count). The molecule has 2 N–H and O–H groups in total. The predicted octanol–water partition coefficient (Wildman–Crippen LogP) is 3.15. The van der Waals surface area contributed by atoms with Crippen molar-refractivity contribution in [2.24, 2.45) is 0 Å². The molecule has 0 unspecified atom stereocenters. The highest BCUT2D eigenvalue weighted by Crippen LogP contribution is 2.13. The van der Waals surface area contributed by atoms with Crippen molar-refractivity contribution < 1.29 is 23.5 Å². The first-order valence-electron chi connectivity index (χ1n) is 6.60. The number of halogens is 3. The van der Waals surface area contributed by atoms with Crippen LogP contribution in [0.2, 0.25) is 0 Å². The minimum atomic E-state index is -1.22. The van der Waals surface area contributed by atoms with Gasteiger partial charge in [-0.3, -0.25) is 4.79 Å². The molecule has 7 heteroatoms. The second-order valence-corrected chi connectivity index (χ2v) is 5.74. The minimum Gasteiger partial charge on any atom is -0.480 e. The SMILES string of the molecule is O=C(N[C@H](Cc1ccc(Br)cc1)C(=O)O)c1ccc(F)c(F)c1. The van der Waals surface area contributed by atoms with Gasteiger partial charge in [0.15, 0.2) is 11.6 Å². The van der Waals surface area contributed by atoms with E-state index in [0.29, 0.717) is 5.56 Å². The number of rotatable bonds is 5. The Morgan fingerprint density at radius 2 is 1.74 bits per heavy atom. The molecule has 2 aromatic rings. The third kappa shape index (κ3) is 4.59. The van der Waals surface area contributed by atoms with Crippen molar-refractivity contribution in [1.82, 2.24) is 5.32 Å². The number of carboxylic acids is 1. The average molecular weight is 384 g/mol. The summed E-state index contributed by atoms with van der Waals surface area (Å²) in [5.74, 6) is -4.25. The molecule has 0 spiro atoms. The predicted molar refractivity (Wildman–Crippen MR) is 83.1 cm³/mol. The molecule has 0 aliphatic heterocycles. The monoisotopic (exact) mass is 383 g/mol.